The molecule has 2 rings (SSSR count). The van der Waals surface area contributed by atoms with E-state index in [0.717, 1.165) is 31.2 Å². The number of aromatic nitrogens is 2. The molecular weight excluding hydrogens is 442 g/mol. The Morgan fingerprint density at radius 3 is 1.97 bits per heavy atom. The number of alkyl halides is 1. The van der Waals surface area contributed by atoms with Crippen LogP contribution >= 0.6 is 0 Å². The number of ether oxygens (including phenoxy) is 1. The molecule has 0 amide bonds. The molecule has 0 spiro atoms. The van der Waals surface area contributed by atoms with Crippen molar-refractivity contribution in [2.24, 2.45) is 0 Å². The molecule has 0 saturated carbocycles. The van der Waals surface area contributed by atoms with Crippen molar-refractivity contribution < 1.29 is 13.5 Å². The maximum absolute atomic E-state index is 14.5. The maximum Gasteiger partial charge on any atom is 0.165 e. The van der Waals surface area contributed by atoms with Gasteiger partial charge in [-0.3, -0.25) is 0 Å². The Morgan fingerprint density at radius 2 is 1.37 bits per heavy atom. The van der Waals surface area contributed by atoms with Gasteiger partial charge in [0.15, 0.2) is 17.4 Å². The van der Waals surface area contributed by atoms with Crippen LogP contribution in [-0.2, 0) is 6.42 Å². The highest BCUT2D eigenvalue weighted by Crippen LogP contribution is 2.24. The van der Waals surface area contributed by atoms with Crippen molar-refractivity contribution in [2.45, 2.75) is 123 Å². The lowest BCUT2D eigenvalue weighted by molar-refractivity contribution is 0.218. The highest BCUT2D eigenvalue weighted by Gasteiger charge is 2.11. The molecule has 1 heterocycles. The molecule has 2 aromatic rings. The fraction of sp³-hybridized carbons (Fsp3) is 0.667. The maximum atomic E-state index is 14.5. The molecule has 1 atom stereocenters. The van der Waals surface area contributed by atoms with Gasteiger partial charge in [-0.2, -0.15) is 0 Å². The molecule has 0 fully saturated rings. The highest BCUT2D eigenvalue weighted by molar-refractivity contribution is 5.56. The number of aryl methyl sites for hydroxylation is 1. The Morgan fingerprint density at radius 1 is 0.771 bits per heavy atom. The lowest BCUT2D eigenvalue weighted by Crippen LogP contribution is -2.08. The van der Waals surface area contributed by atoms with Gasteiger partial charge in [-0.15, -0.1) is 0 Å². The van der Waals surface area contributed by atoms with E-state index in [1.807, 2.05) is 19.3 Å². The van der Waals surface area contributed by atoms with Crippen LogP contribution in [0.5, 0.6) is 5.75 Å². The largest absolute Gasteiger partial charge is 0.490 e. The second-order valence-corrected chi connectivity index (χ2v) is 9.72. The number of hydrogen-bond acceptors (Lipinski definition) is 3. The average Bonchev–Trinajstić information content (AvgIpc) is 2.87. The summed E-state index contributed by atoms with van der Waals surface area (Å²) in [5.41, 5.74) is 1.73. The highest BCUT2D eigenvalue weighted by atomic mass is 19.1. The quantitative estimate of drug-likeness (QED) is 0.174. The van der Waals surface area contributed by atoms with Crippen LogP contribution in [0.3, 0.4) is 0 Å². The molecule has 0 radical (unpaired) electrons. The van der Waals surface area contributed by atoms with Crippen LogP contribution in [0.15, 0.2) is 30.6 Å². The van der Waals surface area contributed by atoms with Gasteiger partial charge in [-0.1, -0.05) is 90.9 Å². The second-order valence-electron chi connectivity index (χ2n) is 9.72. The summed E-state index contributed by atoms with van der Waals surface area (Å²) in [4.78, 5) is 8.87. The van der Waals surface area contributed by atoms with Gasteiger partial charge in [-0.05, 0) is 43.0 Å². The van der Waals surface area contributed by atoms with Crippen LogP contribution in [-0.4, -0.2) is 22.7 Å². The summed E-state index contributed by atoms with van der Waals surface area (Å²) in [5, 5.41) is 0. The van der Waals surface area contributed by atoms with E-state index in [9.17, 15) is 8.78 Å². The van der Waals surface area contributed by atoms with E-state index in [4.69, 9.17) is 4.74 Å². The Hall–Kier alpha value is -2.04. The summed E-state index contributed by atoms with van der Waals surface area (Å²) in [6.45, 7) is 4.47. The van der Waals surface area contributed by atoms with Gasteiger partial charge in [0.1, 0.15) is 6.17 Å². The van der Waals surface area contributed by atoms with Gasteiger partial charge in [0.25, 0.3) is 0 Å². The van der Waals surface area contributed by atoms with E-state index in [0.29, 0.717) is 17.8 Å². The lowest BCUT2D eigenvalue weighted by Gasteiger charge is -2.11. The van der Waals surface area contributed by atoms with Crippen LogP contribution < -0.4 is 4.74 Å². The molecule has 0 aliphatic carbocycles. The summed E-state index contributed by atoms with van der Waals surface area (Å²) >= 11 is 0. The van der Waals surface area contributed by atoms with E-state index in [2.05, 4.69) is 16.9 Å². The Labute approximate surface area is 212 Å². The normalized spacial score (nSPS) is 12.1. The smallest absolute Gasteiger partial charge is 0.165 e. The number of rotatable bonds is 20. The molecule has 0 bridgehead atoms. The SMILES string of the molecule is CCCCCCCCCCCCCc1cnc(-c2ccc(OCCC(F)CCCC)c(F)c2)nc1. The third kappa shape index (κ3) is 12.5. The molecule has 3 nitrogen and oxygen atoms in total. The number of hydrogen-bond donors (Lipinski definition) is 0. The van der Waals surface area contributed by atoms with Crippen molar-refractivity contribution in [1.29, 1.82) is 0 Å². The first-order valence-electron chi connectivity index (χ1n) is 14.0. The summed E-state index contributed by atoms with van der Waals surface area (Å²) < 4.78 is 33.6. The monoisotopic (exact) mass is 488 g/mol. The van der Waals surface area contributed by atoms with Crippen molar-refractivity contribution in [3.05, 3.63) is 42.0 Å². The van der Waals surface area contributed by atoms with Gasteiger partial charge in [-0.25, -0.2) is 18.7 Å². The van der Waals surface area contributed by atoms with E-state index >= 15 is 0 Å². The van der Waals surface area contributed by atoms with Crippen molar-refractivity contribution in [3.8, 4) is 17.1 Å². The van der Waals surface area contributed by atoms with Gasteiger partial charge in [0, 0.05) is 24.4 Å². The number of benzene rings is 1. The lowest BCUT2D eigenvalue weighted by atomic mass is 10.0. The van der Waals surface area contributed by atoms with Crippen LogP contribution in [0.4, 0.5) is 8.78 Å². The first-order chi connectivity index (χ1) is 17.1. The third-order valence-corrected chi connectivity index (χ3v) is 6.52. The predicted octanol–water partition coefficient (Wildman–Crippen LogP) is 9.43. The van der Waals surface area contributed by atoms with E-state index in [-0.39, 0.29) is 18.8 Å². The van der Waals surface area contributed by atoms with E-state index in [1.165, 1.54) is 70.3 Å². The van der Waals surface area contributed by atoms with Crippen LogP contribution in [0.2, 0.25) is 0 Å². The minimum atomic E-state index is -0.894. The number of halogens is 2. The summed E-state index contributed by atoms with van der Waals surface area (Å²) in [6, 6.07) is 4.71. The fourth-order valence-electron chi connectivity index (χ4n) is 4.25. The van der Waals surface area contributed by atoms with Crippen LogP contribution in [0.25, 0.3) is 11.4 Å². The zero-order chi connectivity index (χ0) is 25.1. The number of unbranched alkanes of at least 4 members (excludes halogenated alkanes) is 11. The first-order valence-corrected chi connectivity index (χ1v) is 14.0. The van der Waals surface area contributed by atoms with Crippen LogP contribution in [0.1, 0.15) is 116 Å². The molecule has 0 aliphatic rings. The molecule has 1 aromatic heterocycles. The van der Waals surface area contributed by atoms with Crippen molar-refractivity contribution in [1.82, 2.24) is 9.97 Å². The molecule has 0 saturated heterocycles. The van der Waals surface area contributed by atoms with Gasteiger partial charge in [0.05, 0.1) is 6.61 Å². The van der Waals surface area contributed by atoms with Crippen molar-refractivity contribution in [2.75, 3.05) is 6.61 Å². The van der Waals surface area contributed by atoms with Gasteiger partial charge < -0.3 is 4.74 Å². The fourth-order valence-corrected chi connectivity index (χ4v) is 4.25. The summed E-state index contributed by atoms with van der Waals surface area (Å²) in [6.07, 6.45) is 21.1. The Bertz CT molecular complexity index is 797. The van der Waals surface area contributed by atoms with Gasteiger partial charge in [0.2, 0.25) is 0 Å². The van der Waals surface area contributed by atoms with E-state index < -0.39 is 12.0 Å². The van der Waals surface area contributed by atoms with Gasteiger partial charge >= 0.3 is 0 Å². The topological polar surface area (TPSA) is 35.0 Å². The van der Waals surface area contributed by atoms with Crippen molar-refractivity contribution in [3.63, 3.8) is 0 Å². The minimum Gasteiger partial charge on any atom is -0.490 e. The minimum absolute atomic E-state index is 0.143. The van der Waals surface area contributed by atoms with Crippen LogP contribution in [0, 0.1) is 5.82 Å². The second kappa shape index (κ2) is 18.3. The summed E-state index contributed by atoms with van der Waals surface area (Å²) in [5.74, 6) is 0.172. The number of nitrogens with zero attached hydrogens (tertiary/aromatic N) is 2. The predicted molar refractivity (Wildman–Crippen MR) is 142 cm³/mol. The molecular formula is C30H46F2N2O. The standard InChI is InChI=1S/C30H46F2N2O/c1-3-5-7-8-9-10-11-12-13-14-15-16-25-23-33-30(34-24-25)26-18-19-29(28(32)22-26)35-21-20-27(31)17-6-4-2/h18-19,22-24,27H,3-17,20-21H2,1-2H3. The Kier molecular flexibility index (Phi) is 15.2. The molecule has 35 heavy (non-hydrogen) atoms. The van der Waals surface area contributed by atoms with Crippen molar-refractivity contribution >= 4 is 0 Å². The Balaban J connectivity index is 1.65. The van der Waals surface area contributed by atoms with E-state index in [1.54, 1.807) is 12.1 Å². The first kappa shape index (κ1) is 29.2. The molecule has 5 heteroatoms. The molecule has 0 N–H and O–H groups in total. The zero-order valence-electron chi connectivity index (χ0n) is 22.0. The molecule has 1 unspecified atom stereocenters. The average molecular weight is 489 g/mol. The zero-order valence-corrected chi connectivity index (χ0v) is 22.0. The molecule has 196 valence electrons. The molecule has 1 aromatic carbocycles. The summed E-state index contributed by atoms with van der Waals surface area (Å²) in [7, 11) is 0. The molecule has 0 aliphatic heterocycles. The third-order valence-electron chi connectivity index (χ3n) is 6.52.